The topological polar surface area (TPSA) is 87.7 Å². The summed E-state index contributed by atoms with van der Waals surface area (Å²) in [5.74, 6) is -0.869. The summed E-state index contributed by atoms with van der Waals surface area (Å²) in [6.45, 7) is 8.27. The van der Waals surface area contributed by atoms with E-state index in [4.69, 9.17) is 4.74 Å². The fourth-order valence-corrected chi connectivity index (χ4v) is 2.43. The lowest BCUT2D eigenvalue weighted by molar-refractivity contribution is -0.149. The van der Waals surface area contributed by atoms with Crippen LogP contribution in [0, 0.1) is 5.41 Å². The van der Waals surface area contributed by atoms with Crippen LogP contribution in [0.25, 0.3) is 0 Å². The molecule has 1 rings (SSSR count). The molecule has 1 aliphatic heterocycles. The van der Waals surface area contributed by atoms with E-state index in [9.17, 15) is 14.7 Å². The van der Waals surface area contributed by atoms with Crippen LogP contribution >= 0.6 is 0 Å². The average Bonchev–Trinajstić information content (AvgIpc) is 2.70. The smallest absolute Gasteiger partial charge is 0.315 e. The molecule has 0 bridgehead atoms. The van der Waals surface area contributed by atoms with Gasteiger partial charge < -0.3 is 20.5 Å². The molecule has 2 atom stereocenters. The molecule has 2 unspecified atom stereocenters. The summed E-state index contributed by atoms with van der Waals surface area (Å²) in [5, 5.41) is 14.9. The van der Waals surface area contributed by atoms with E-state index >= 15 is 0 Å². The van der Waals surface area contributed by atoms with Gasteiger partial charge in [0.15, 0.2) is 0 Å². The lowest BCUT2D eigenvalue weighted by atomic mass is 9.82. The summed E-state index contributed by atoms with van der Waals surface area (Å²) in [6.07, 6.45) is 1.67. The molecule has 1 heterocycles. The number of amides is 2. The minimum atomic E-state index is -0.893. The van der Waals surface area contributed by atoms with E-state index < -0.39 is 16.9 Å². The fourth-order valence-electron chi connectivity index (χ4n) is 2.43. The third-order valence-electron chi connectivity index (χ3n) is 4.68. The number of carboxylic acid groups (broad SMARTS) is 1. The van der Waals surface area contributed by atoms with Crippen LogP contribution < -0.4 is 10.6 Å². The Morgan fingerprint density at radius 2 is 2.00 bits per heavy atom. The number of hydrogen-bond donors (Lipinski definition) is 3. The molecule has 0 spiro atoms. The van der Waals surface area contributed by atoms with E-state index in [0.717, 1.165) is 6.42 Å². The number of carbonyl (C=O) groups excluding carboxylic acids is 1. The minimum Gasteiger partial charge on any atom is -0.481 e. The van der Waals surface area contributed by atoms with Crippen LogP contribution in [0.15, 0.2) is 0 Å². The summed E-state index contributed by atoms with van der Waals surface area (Å²) < 4.78 is 5.46. The summed E-state index contributed by atoms with van der Waals surface area (Å²) >= 11 is 0. The second-order valence-corrected chi connectivity index (χ2v) is 5.78. The number of urea groups is 1. The molecule has 6 heteroatoms. The Kier molecular flexibility index (Phi) is 5.39. The third-order valence-corrected chi connectivity index (χ3v) is 4.68. The van der Waals surface area contributed by atoms with Gasteiger partial charge in [0.05, 0.1) is 17.1 Å². The SMILES string of the molecule is CCC(CC)(CNC(=O)NC1(C)CCOC1C)C(=O)O. The van der Waals surface area contributed by atoms with Crippen molar-refractivity contribution >= 4 is 12.0 Å². The summed E-state index contributed by atoms with van der Waals surface area (Å²) in [7, 11) is 0. The van der Waals surface area contributed by atoms with Crippen LogP contribution in [0.5, 0.6) is 0 Å². The largest absolute Gasteiger partial charge is 0.481 e. The maximum Gasteiger partial charge on any atom is 0.315 e. The average molecular weight is 286 g/mol. The van der Waals surface area contributed by atoms with E-state index in [0.29, 0.717) is 19.4 Å². The number of rotatable bonds is 6. The van der Waals surface area contributed by atoms with Crippen molar-refractivity contribution in [3.63, 3.8) is 0 Å². The van der Waals surface area contributed by atoms with Crippen molar-refractivity contribution in [2.24, 2.45) is 5.41 Å². The van der Waals surface area contributed by atoms with Crippen molar-refractivity contribution < 1.29 is 19.4 Å². The zero-order valence-electron chi connectivity index (χ0n) is 12.8. The molecule has 1 fully saturated rings. The lowest BCUT2D eigenvalue weighted by Crippen LogP contribution is -2.55. The fraction of sp³-hybridized carbons (Fsp3) is 0.857. The molecule has 0 aliphatic carbocycles. The summed E-state index contributed by atoms with van der Waals surface area (Å²) in [4.78, 5) is 23.3. The Morgan fingerprint density at radius 1 is 1.40 bits per heavy atom. The molecule has 0 saturated carbocycles. The van der Waals surface area contributed by atoms with Crippen molar-refractivity contribution in [1.29, 1.82) is 0 Å². The molecule has 116 valence electrons. The van der Waals surface area contributed by atoms with Crippen LogP contribution in [0.1, 0.15) is 47.0 Å². The van der Waals surface area contributed by atoms with Gasteiger partial charge in [-0.05, 0) is 33.1 Å². The number of ether oxygens (including phenoxy) is 1. The maximum atomic E-state index is 12.0. The second kappa shape index (κ2) is 6.43. The van der Waals surface area contributed by atoms with Crippen molar-refractivity contribution in [3.8, 4) is 0 Å². The predicted octanol–water partition coefficient (Wildman–Crippen LogP) is 1.74. The summed E-state index contributed by atoms with van der Waals surface area (Å²) in [6, 6.07) is -0.336. The van der Waals surface area contributed by atoms with Gasteiger partial charge in [0.1, 0.15) is 0 Å². The first-order chi connectivity index (χ1) is 9.29. The molecular formula is C14H26N2O4. The highest BCUT2D eigenvalue weighted by Gasteiger charge is 2.39. The predicted molar refractivity (Wildman–Crippen MR) is 75.6 cm³/mol. The molecular weight excluding hydrogens is 260 g/mol. The number of carboxylic acids is 1. The monoisotopic (exact) mass is 286 g/mol. The quantitative estimate of drug-likeness (QED) is 0.694. The van der Waals surface area contributed by atoms with Gasteiger partial charge in [0, 0.05) is 13.2 Å². The van der Waals surface area contributed by atoms with Gasteiger partial charge in [-0.3, -0.25) is 4.79 Å². The number of carbonyl (C=O) groups is 2. The first-order valence-electron chi connectivity index (χ1n) is 7.20. The van der Waals surface area contributed by atoms with E-state index in [2.05, 4.69) is 10.6 Å². The zero-order chi connectivity index (χ0) is 15.4. The van der Waals surface area contributed by atoms with Crippen molar-refractivity contribution in [1.82, 2.24) is 10.6 Å². The minimum absolute atomic E-state index is 0.0465. The van der Waals surface area contributed by atoms with Crippen LogP contribution in [-0.4, -0.2) is 41.9 Å². The van der Waals surface area contributed by atoms with Gasteiger partial charge in [-0.25, -0.2) is 4.79 Å². The molecule has 0 aromatic carbocycles. The van der Waals surface area contributed by atoms with Crippen molar-refractivity contribution in [2.75, 3.05) is 13.2 Å². The van der Waals surface area contributed by atoms with E-state index in [1.807, 2.05) is 27.7 Å². The van der Waals surface area contributed by atoms with Gasteiger partial charge >= 0.3 is 12.0 Å². The Morgan fingerprint density at radius 3 is 2.40 bits per heavy atom. The molecule has 1 saturated heterocycles. The first-order valence-corrected chi connectivity index (χ1v) is 7.20. The normalized spacial score (nSPS) is 26.3. The molecule has 0 radical (unpaired) electrons. The molecule has 0 aromatic rings. The van der Waals surface area contributed by atoms with Gasteiger partial charge in [-0.15, -0.1) is 0 Å². The number of aliphatic carboxylic acids is 1. The second-order valence-electron chi connectivity index (χ2n) is 5.78. The summed E-state index contributed by atoms with van der Waals surface area (Å²) in [5.41, 5.74) is -1.29. The van der Waals surface area contributed by atoms with Gasteiger partial charge in [-0.2, -0.15) is 0 Å². The number of nitrogens with one attached hydrogen (secondary N) is 2. The van der Waals surface area contributed by atoms with Gasteiger partial charge in [0.2, 0.25) is 0 Å². The standard InChI is InChI=1S/C14H26N2O4/c1-5-14(6-2,11(17)18)9-15-12(19)16-13(4)7-8-20-10(13)3/h10H,5-9H2,1-4H3,(H,17,18)(H2,15,16,19). The number of hydrogen-bond acceptors (Lipinski definition) is 3. The van der Waals surface area contributed by atoms with E-state index in [1.165, 1.54) is 0 Å². The molecule has 2 amide bonds. The highest BCUT2D eigenvalue weighted by molar-refractivity contribution is 5.78. The van der Waals surface area contributed by atoms with Gasteiger partial charge in [-0.1, -0.05) is 13.8 Å². The zero-order valence-corrected chi connectivity index (χ0v) is 12.8. The lowest BCUT2D eigenvalue weighted by Gasteiger charge is -2.31. The van der Waals surface area contributed by atoms with E-state index in [-0.39, 0.29) is 18.7 Å². The molecule has 20 heavy (non-hydrogen) atoms. The van der Waals surface area contributed by atoms with Crippen LogP contribution in [0.2, 0.25) is 0 Å². The molecule has 6 nitrogen and oxygen atoms in total. The Balaban J connectivity index is 2.56. The Hall–Kier alpha value is -1.30. The first kappa shape index (κ1) is 16.8. The molecule has 3 N–H and O–H groups in total. The van der Waals surface area contributed by atoms with Crippen LogP contribution in [-0.2, 0) is 9.53 Å². The molecule has 1 aliphatic rings. The highest BCUT2D eigenvalue weighted by Crippen LogP contribution is 2.27. The highest BCUT2D eigenvalue weighted by atomic mass is 16.5. The third kappa shape index (κ3) is 3.42. The van der Waals surface area contributed by atoms with Crippen molar-refractivity contribution in [3.05, 3.63) is 0 Å². The Bertz CT molecular complexity index is 368. The molecule has 0 aromatic heterocycles. The van der Waals surface area contributed by atoms with Crippen LogP contribution in [0.4, 0.5) is 4.79 Å². The maximum absolute atomic E-state index is 12.0. The Labute approximate surface area is 120 Å². The van der Waals surface area contributed by atoms with Crippen LogP contribution in [0.3, 0.4) is 0 Å². The van der Waals surface area contributed by atoms with Crippen molar-refractivity contribution in [2.45, 2.75) is 58.6 Å². The van der Waals surface area contributed by atoms with Gasteiger partial charge in [0.25, 0.3) is 0 Å². The van der Waals surface area contributed by atoms with E-state index in [1.54, 1.807) is 0 Å².